The summed E-state index contributed by atoms with van der Waals surface area (Å²) in [7, 11) is 0. The fraction of sp³-hybridized carbons (Fsp3) is 0.200. The van der Waals surface area contributed by atoms with Gasteiger partial charge in [-0.05, 0) is 24.1 Å². The highest BCUT2D eigenvalue weighted by Gasteiger charge is 2.04. The molecule has 2 rings (SSSR count). The van der Waals surface area contributed by atoms with Crippen LogP contribution in [0.4, 0.5) is 9.52 Å². The zero-order valence-electron chi connectivity index (χ0n) is 8.28. The lowest BCUT2D eigenvalue weighted by Gasteiger charge is -2.00. The third kappa shape index (κ3) is 2.68. The fourth-order valence-corrected chi connectivity index (χ4v) is 2.04. The Morgan fingerprint density at radius 3 is 2.75 bits per heavy atom. The van der Waals surface area contributed by atoms with E-state index in [0.717, 1.165) is 10.6 Å². The van der Waals surface area contributed by atoms with Crippen molar-refractivity contribution < 1.29 is 4.39 Å². The Kier molecular flexibility index (Phi) is 3.36. The molecule has 0 saturated heterocycles. The quantitative estimate of drug-likeness (QED) is 0.920. The van der Waals surface area contributed by atoms with Gasteiger partial charge < -0.3 is 5.73 Å². The minimum atomic E-state index is -0.393. The van der Waals surface area contributed by atoms with Gasteiger partial charge in [0.15, 0.2) is 0 Å². The molecule has 0 atom stereocenters. The van der Waals surface area contributed by atoms with Gasteiger partial charge in [-0.2, -0.15) is 0 Å². The highest BCUT2D eigenvalue weighted by Crippen LogP contribution is 2.18. The molecule has 0 amide bonds. The molecule has 1 aromatic carbocycles. The van der Waals surface area contributed by atoms with Crippen LogP contribution in [0.3, 0.4) is 0 Å². The first-order chi connectivity index (χ1) is 7.65. The van der Waals surface area contributed by atoms with Crippen LogP contribution in [0.1, 0.15) is 10.6 Å². The standard InChI is InChI=1S/C10H9ClFN3S/c11-7-3-1-6(5-8(7)12)2-4-9-14-15-10(13)16-9/h1,3,5H,2,4H2,(H2,13,15). The van der Waals surface area contributed by atoms with Gasteiger partial charge in [0.1, 0.15) is 10.8 Å². The number of nitrogens with two attached hydrogens (primary N) is 1. The molecule has 0 unspecified atom stereocenters. The lowest BCUT2D eigenvalue weighted by atomic mass is 10.1. The van der Waals surface area contributed by atoms with Gasteiger partial charge in [-0.15, -0.1) is 10.2 Å². The minimum absolute atomic E-state index is 0.143. The van der Waals surface area contributed by atoms with E-state index in [-0.39, 0.29) is 5.02 Å². The Bertz CT molecular complexity index is 501. The van der Waals surface area contributed by atoms with E-state index in [1.54, 1.807) is 12.1 Å². The summed E-state index contributed by atoms with van der Waals surface area (Å²) >= 11 is 6.94. The first kappa shape index (κ1) is 11.3. The molecule has 0 saturated carbocycles. The van der Waals surface area contributed by atoms with Crippen molar-refractivity contribution in [2.24, 2.45) is 0 Å². The van der Waals surface area contributed by atoms with Crippen molar-refractivity contribution in [1.29, 1.82) is 0 Å². The third-order valence-electron chi connectivity index (χ3n) is 2.09. The summed E-state index contributed by atoms with van der Waals surface area (Å²) in [4.78, 5) is 0. The molecule has 3 nitrogen and oxygen atoms in total. The zero-order chi connectivity index (χ0) is 11.5. The Morgan fingerprint density at radius 1 is 1.31 bits per heavy atom. The number of aryl methyl sites for hydroxylation is 2. The van der Waals surface area contributed by atoms with E-state index in [1.165, 1.54) is 17.4 Å². The van der Waals surface area contributed by atoms with Crippen molar-refractivity contribution in [3.63, 3.8) is 0 Å². The summed E-state index contributed by atoms with van der Waals surface area (Å²) in [6.45, 7) is 0. The summed E-state index contributed by atoms with van der Waals surface area (Å²) in [5.74, 6) is -0.393. The number of halogens is 2. The third-order valence-corrected chi connectivity index (χ3v) is 3.21. The summed E-state index contributed by atoms with van der Waals surface area (Å²) in [5.41, 5.74) is 6.34. The summed E-state index contributed by atoms with van der Waals surface area (Å²) in [6, 6.07) is 4.79. The normalized spacial score (nSPS) is 10.6. The fourth-order valence-electron chi connectivity index (χ4n) is 1.31. The molecule has 2 aromatic rings. The molecule has 0 aliphatic carbocycles. The molecule has 16 heavy (non-hydrogen) atoms. The predicted octanol–water partition coefficient (Wildman–Crippen LogP) is 2.70. The number of hydrogen-bond donors (Lipinski definition) is 1. The summed E-state index contributed by atoms with van der Waals surface area (Å²) in [5, 5.41) is 9.06. The van der Waals surface area contributed by atoms with E-state index in [0.29, 0.717) is 18.0 Å². The van der Waals surface area contributed by atoms with Crippen molar-refractivity contribution >= 4 is 28.1 Å². The maximum absolute atomic E-state index is 13.1. The molecule has 2 N–H and O–H groups in total. The van der Waals surface area contributed by atoms with Gasteiger partial charge in [-0.25, -0.2) is 4.39 Å². The predicted molar refractivity (Wildman–Crippen MR) is 63.1 cm³/mol. The molecular formula is C10H9ClFN3S. The maximum Gasteiger partial charge on any atom is 0.203 e. The minimum Gasteiger partial charge on any atom is -0.374 e. The Labute approximate surface area is 101 Å². The Morgan fingerprint density at radius 2 is 2.12 bits per heavy atom. The maximum atomic E-state index is 13.1. The van der Waals surface area contributed by atoms with Gasteiger partial charge in [0.05, 0.1) is 5.02 Å². The van der Waals surface area contributed by atoms with E-state index in [1.807, 2.05) is 0 Å². The second-order valence-corrected chi connectivity index (χ2v) is 4.78. The second-order valence-electron chi connectivity index (χ2n) is 3.28. The van der Waals surface area contributed by atoms with E-state index in [9.17, 15) is 4.39 Å². The van der Waals surface area contributed by atoms with Gasteiger partial charge in [0.2, 0.25) is 5.13 Å². The molecule has 1 heterocycles. The highest BCUT2D eigenvalue weighted by atomic mass is 35.5. The largest absolute Gasteiger partial charge is 0.374 e. The topological polar surface area (TPSA) is 51.8 Å². The molecule has 0 fully saturated rings. The van der Waals surface area contributed by atoms with E-state index < -0.39 is 5.82 Å². The molecule has 0 spiro atoms. The van der Waals surface area contributed by atoms with Crippen molar-refractivity contribution in [2.75, 3.05) is 5.73 Å². The molecule has 0 bridgehead atoms. The molecule has 0 aliphatic rings. The van der Waals surface area contributed by atoms with Crippen molar-refractivity contribution in [3.8, 4) is 0 Å². The lowest BCUT2D eigenvalue weighted by molar-refractivity contribution is 0.625. The van der Waals surface area contributed by atoms with Gasteiger partial charge in [-0.3, -0.25) is 0 Å². The number of anilines is 1. The molecule has 84 valence electrons. The van der Waals surface area contributed by atoms with Crippen LogP contribution in [0.25, 0.3) is 0 Å². The van der Waals surface area contributed by atoms with Crippen molar-refractivity contribution in [1.82, 2.24) is 10.2 Å². The van der Waals surface area contributed by atoms with Gasteiger partial charge >= 0.3 is 0 Å². The number of nitrogens with zero attached hydrogens (tertiary/aromatic N) is 2. The molecule has 0 radical (unpaired) electrons. The van der Waals surface area contributed by atoms with Crippen LogP contribution >= 0.6 is 22.9 Å². The van der Waals surface area contributed by atoms with Crippen LogP contribution in [0.15, 0.2) is 18.2 Å². The van der Waals surface area contributed by atoms with Gasteiger partial charge in [0.25, 0.3) is 0 Å². The zero-order valence-corrected chi connectivity index (χ0v) is 9.85. The van der Waals surface area contributed by atoms with Crippen molar-refractivity contribution in [3.05, 3.63) is 39.6 Å². The van der Waals surface area contributed by atoms with Gasteiger partial charge in [0, 0.05) is 6.42 Å². The van der Waals surface area contributed by atoms with Crippen LogP contribution < -0.4 is 5.73 Å². The highest BCUT2D eigenvalue weighted by molar-refractivity contribution is 7.15. The van der Waals surface area contributed by atoms with E-state index in [2.05, 4.69) is 10.2 Å². The van der Waals surface area contributed by atoms with Crippen LogP contribution in [0, 0.1) is 5.82 Å². The monoisotopic (exact) mass is 257 g/mol. The van der Waals surface area contributed by atoms with Crippen LogP contribution in [-0.2, 0) is 12.8 Å². The van der Waals surface area contributed by atoms with E-state index in [4.69, 9.17) is 17.3 Å². The summed E-state index contributed by atoms with van der Waals surface area (Å²) in [6.07, 6.45) is 1.40. The number of benzene rings is 1. The average molecular weight is 258 g/mol. The molecule has 0 aliphatic heterocycles. The first-order valence-electron chi connectivity index (χ1n) is 4.67. The molecule has 6 heteroatoms. The summed E-state index contributed by atoms with van der Waals surface area (Å²) < 4.78 is 13.1. The van der Waals surface area contributed by atoms with Crippen LogP contribution in [0.2, 0.25) is 5.02 Å². The molecular weight excluding hydrogens is 249 g/mol. The number of aromatic nitrogens is 2. The average Bonchev–Trinajstić information content (AvgIpc) is 2.66. The first-order valence-corrected chi connectivity index (χ1v) is 5.86. The van der Waals surface area contributed by atoms with Crippen LogP contribution in [-0.4, -0.2) is 10.2 Å². The number of hydrogen-bond acceptors (Lipinski definition) is 4. The van der Waals surface area contributed by atoms with Crippen LogP contribution in [0.5, 0.6) is 0 Å². The lowest BCUT2D eigenvalue weighted by Crippen LogP contribution is -1.92. The van der Waals surface area contributed by atoms with E-state index >= 15 is 0 Å². The Balaban J connectivity index is 2.02. The SMILES string of the molecule is Nc1nnc(CCc2ccc(Cl)c(F)c2)s1. The van der Waals surface area contributed by atoms with Gasteiger partial charge in [-0.1, -0.05) is 29.0 Å². The molecule has 1 aromatic heterocycles. The Hall–Kier alpha value is -1.20. The van der Waals surface area contributed by atoms with Crippen molar-refractivity contribution in [2.45, 2.75) is 12.8 Å². The second kappa shape index (κ2) is 4.76. The number of rotatable bonds is 3. The smallest absolute Gasteiger partial charge is 0.203 e. The number of nitrogen functional groups attached to an aromatic ring is 1.